The molecule has 0 bridgehead atoms. The summed E-state index contributed by atoms with van der Waals surface area (Å²) >= 11 is 0. The van der Waals surface area contributed by atoms with E-state index >= 15 is 0 Å². The minimum absolute atomic E-state index is 0.0860. The van der Waals surface area contributed by atoms with E-state index in [1.54, 1.807) is 0 Å². The predicted molar refractivity (Wildman–Crippen MR) is 106 cm³/mol. The maximum atomic E-state index is 9.75. The van der Waals surface area contributed by atoms with Crippen LogP contribution in [0.2, 0.25) is 0 Å². The number of ether oxygens (including phenoxy) is 1. The second-order valence-electron chi connectivity index (χ2n) is 7.67. The van der Waals surface area contributed by atoms with E-state index in [0.717, 1.165) is 13.2 Å². The molecule has 0 N–H and O–H groups in total. The lowest BCUT2D eigenvalue weighted by molar-refractivity contribution is -0.649. The fraction of sp³-hybridized carbons (Fsp3) is 0.667. The van der Waals surface area contributed by atoms with Crippen molar-refractivity contribution in [2.45, 2.75) is 70.4 Å². The molecule has 0 amide bonds. The first kappa shape index (κ1) is 22.9. The minimum Gasteiger partial charge on any atom is -0.418 e. The molecule has 0 aromatic heterocycles. The number of unbranched alkanes of at least 4 members (excludes halogenated alkanes) is 2. The molecule has 2 heterocycles. The molecular weight excluding hydrogens is 369 g/mol. The van der Waals surface area contributed by atoms with Gasteiger partial charge in [-0.25, -0.2) is 4.58 Å². The Morgan fingerprint density at radius 2 is 1.79 bits per heavy atom. The molecule has 158 valence electrons. The van der Waals surface area contributed by atoms with Crippen LogP contribution in [-0.2, 0) is 4.74 Å². The van der Waals surface area contributed by atoms with Crippen molar-refractivity contribution < 1.29 is 26.6 Å². The van der Waals surface area contributed by atoms with Gasteiger partial charge in [-0.3, -0.25) is 0 Å². The topological polar surface area (TPSA) is 12.2 Å². The number of benzene rings is 1. The average Bonchev–Trinajstić information content (AvgIpc) is 3.04. The second kappa shape index (κ2) is 10.4. The Balaban J connectivity index is 0.000000500. The molecular formula is C21H32BF4NO. The summed E-state index contributed by atoms with van der Waals surface area (Å²) in [5.74, 6) is 1.21. The van der Waals surface area contributed by atoms with Crippen LogP contribution in [0.1, 0.15) is 70.3 Å². The summed E-state index contributed by atoms with van der Waals surface area (Å²) in [5, 5.41) is 0. The highest BCUT2D eigenvalue weighted by Gasteiger charge is 2.56. The van der Waals surface area contributed by atoms with E-state index in [2.05, 4.69) is 55.0 Å². The Hall–Kier alpha value is -1.37. The highest BCUT2D eigenvalue weighted by molar-refractivity contribution is 6.50. The fourth-order valence-electron chi connectivity index (χ4n) is 4.65. The average molecular weight is 401 g/mol. The lowest BCUT2D eigenvalue weighted by atomic mass is 9.76. The van der Waals surface area contributed by atoms with Gasteiger partial charge in [0.15, 0.2) is 0 Å². The lowest BCUT2D eigenvalue weighted by Gasteiger charge is -2.38. The SMILES string of the molecule is CCCCCC1C=[N+]2CCCC2(OCC)C(c2ccccc2)C1.F[B-](F)(F)F. The molecule has 1 fully saturated rings. The van der Waals surface area contributed by atoms with Gasteiger partial charge >= 0.3 is 7.25 Å². The van der Waals surface area contributed by atoms with E-state index in [1.165, 1.54) is 50.5 Å². The number of hydrogen-bond donors (Lipinski definition) is 0. The highest BCUT2D eigenvalue weighted by atomic mass is 19.5. The van der Waals surface area contributed by atoms with Crippen molar-refractivity contribution in [1.82, 2.24) is 0 Å². The minimum atomic E-state index is -6.00. The molecule has 3 atom stereocenters. The van der Waals surface area contributed by atoms with Crippen molar-refractivity contribution >= 4 is 13.5 Å². The Morgan fingerprint density at radius 1 is 1.11 bits per heavy atom. The quantitative estimate of drug-likeness (QED) is 0.227. The van der Waals surface area contributed by atoms with Gasteiger partial charge in [0.2, 0.25) is 0 Å². The van der Waals surface area contributed by atoms with E-state index in [9.17, 15) is 17.3 Å². The normalized spacial score (nSPS) is 26.9. The zero-order chi connectivity index (χ0) is 20.6. The fourth-order valence-corrected chi connectivity index (χ4v) is 4.65. The molecule has 1 saturated heterocycles. The molecule has 0 spiro atoms. The van der Waals surface area contributed by atoms with Crippen LogP contribution in [0.5, 0.6) is 0 Å². The zero-order valence-electron chi connectivity index (χ0n) is 16.9. The summed E-state index contributed by atoms with van der Waals surface area (Å²) in [7, 11) is -6.00. The van der Waals surface area contributed by atoms with E-state index in [-0.39, 0.29) is 5.72 Å². The Morgan fingerprint density at radius 3 is 2.39 bits per heavy atom. The number of halogens is 4. The van der Waals surface area contributed by atoms with Crippen LogP contribution >= 0.6 is 0 Å². The molecule has 0 saturated carbocycles. The molecule has 2 aliphatic heterocycles. The molecule has 1 aromatic carbocycles. The number of hydrogen-bond acceptors (Lipinski definition) is 1. The first-order chi connectivity index (χ1) is 13.3. The summed E-state index contributed by atoms with van der Waals surface area (Å²) in [5.41, 5.74) is 1.37. The molecule has 7 heteroatoms. The van der Waals surface area contributed by atoms with Gasteiger partial charge in [0.1, 0.15) is 12.8 Å². The zero-order valence-corrected chi connectivity index (χ0v) is 16.9. The van der Waals surface area contributed by atoms with Crippen molar-refractivity contribution in [3.8, 4) is 0 Å². The summed E-state index contributed by atoms with van der Waals surface area (Å²) in [4.78, 5) is 0. The van der Waals surface area contributed by atoms with Gasteiger partial charge in [-0.15, -0.1) is 0 Å². The first-order valence-electron chi connectivity index (χ1n) is 10.5. The maximum Gasteiger partial charge on any atom is 0.673 e. The predicted octanol–water partition coefficient (Wildman–Crippen LogP) is 6.28. The monoisotopic (exact) mass is 401 g/mol. The second-order valence-corrected chi connectivity index (χ2v) is 7.67. The molecule has 2 aliphatic rings. The molecule has 3 unspecified atom stereocenters. The van der Waals surface area contributed by atoms with Crippen molar-refractivity contribution in [1.29, 1.82) is 0 Å². The third-order valence-electron chi connectivity index (χ3n) is 5.67. The van der Waals surface area contributed by atoms with Crippen LogP contribution in [0.3, 0.4) is 0 Å². The lowest BCUT2D eigenvalue weighted by Crippen LogP contribution is -2.50. The van der Waals surface area contributed by atoms with Gasteiger partial charge in [0.25, 0.3) is 5.72 Å². The van der Waals surface area contributed by atoms with Crippen LogP contribution in [0.15, 0.2) is 30.3 Å². The van der Waals surface area contributed by atoms with E-state index < -0.39 is 7.25 Å². The smallest absolute Gasteiger partial charge is 0.418 e. The summed E-state index contributed by atoms with van der Waals surface area (Å²) < 4.78 is 48.0. The van der Waals surface area contributed by atoms with Gasteiger partial charge in [-0.2, -0.15) is 0 Å². The third kappa shape index (κ3) is 6.33. The standard InChI is InChI=1S/C21H32NO.BF4/c1-3-5-7-11-18-16-20(19-12-8-6-9-13-19)21(23-4-2)14-10-15-22(21)17-18;2-1(3,4)5/h6,8-9,12-13,17-18,20H,3-5,7,10-11,14-16H2,1-2H3;/q+1;-1. The molecule has 2 nitrogen and oxygen atoms in total. The van der Waals surface area contributed by atoms with E-state index in [1.807, 2.05) is 0 Å². The van der Waals surface area contributed by atoms with Crippen molar-refractivity contribution in [3.63, 3.8) is 0 Å². The van der Waals surface area contributed by atoms with Crippen molar-refractivity contribution in [3.05, 3.63) is 35.9 Å². The van der Waals surface area contributed by atoms with Gasteiger partial charge in [0, 0.05) is 18.8 Å². The Kier molecular flexibility index (Phi) is 8.53. The largest absolute Gasteiger partial charge is 0.673 e. The van der Waals surface area contributed by atoms with Crippen LogP contribution in [0, 0.1) is 5.92 Å². The molecule has 3 rings (SSSR count). The Bertz CT molecular complexity index is 617. The van der Waals surface area contributed by atoms with Gasteiger partial charge in [-0.1, -0.05) is 56.5 Å². The first-order valence-corrected chi connectivity index (χ1v) is 10.5. The van der Waals surface area contributed by atoms with Crippen LogP contribution in [0.25, 0.3) is 0 Å². The van der Waals surface area contributed by atoms with Gasteiger partial charge < -0.3 is 22.0 Å². The summed E-state index contributed by atoms with van der Waals surface area (Å²) in [6.07, 6.45) is 11.5. The molecule has 0 radical (unpaired) electrons. The Labute approximate surface area is 166 Å². The van der Waals surface area contributed by atoms with Crippen LogP contribution in [0.4, 0.5) is 17.3 Å². The molecule has 1 aromatic rings. The third-order valence-corrected chi connectivity index (χ3v) is 5.67. The number of rotatable bonds is 7. The molecule has 28 heavy (non-hydrogen) atoms. The number of nitrogens with zero attached hydrogens (tertiary/aromatic N) is 1. The maximum absolute atomic E-state index is 9.75. The van der Waals surface area contributed by atoms with Gasteiger partial charge in [-0.05, 0) is 25.3 Å². The van der Waals surface area contributed by atoms with Crippen LogP contribution < -0.4 is 0 Å². The van der Waals surface area contributed by atoms with Crippen molar-refractivity contribution in [2.24, 2.45) is 5.92 Å². The van der Waals surface area contributed by atoms with Gasteiger partial charge in [0.05, 0.1) is 12.5 Å². The van der Waals surface area contributed by atoms with Crippen molar-refractivity contribution in [2.75, 3.05) is 13.2 Å². The van der Waals surface area contributed by atoms with E-state index in [0.29, 0.717) is 11.8 Å². The van der Waals surface area contributed by atoms with E-state index in [4.69, 9.17) is 4.74 Å². The number of fused-ring (bicyclic) bond motifs is 1. The summed E-state index contributed by atoms with van der Waals surface area (Å²) in [6, 6.07) is 11.1. The van der Waals surface area contributed by atoms with Crippen LogP contribution in [-0.4, -0.2) is 36.9 Å². The molecule has 0 aliphatic carbocycles. The summed E-state index contributed by atoms with van der Waals surface area (Å²) in [6.45, 7) is 6.39. The highest BCUT2D eigenvalue weighted by Crippen LogP contribution is 2.46.